The highest BCUT2D eigenvalue weighted by molar-refractivity contribution is 5.57. The summed E-state index contributed by atoms with van der Waals surface area (Å²) in [6, 6.07) is 18.7. The predicted octanol–water partition coefficient (Wildman–Crippen LogP) is 5.06. The van der Waals surface area contributed by atoms with Gasteiger partial charge in [0.2, 0.25) is 5.88 Å². The summed E-state index contributed by atoms with van der Waals surface area (Å²) in [5.41, 5.74) is 3.95. The number of nitrogens with zero attached hydrogens (tertiary/aromatic N) is 2. The molecule has 0 fully saturated rings. The van der Waals surface area contributed by atoms with Crippen LogP contribution in [-0.2, 0) is 5.41 Å². The zero-order chi connectivity index (χ0) is 19.5. The van der Waals surface area contributed by atoms with Crippen LogP contribution in [0.3, 0.4) is 0 Å². The van der Waals surface area contributed by atoms with Crippen molar-refractivity contribution in [2.45, 2.75) is 45.1 Å². The molecule has 0 aliphatic carbocycles. The number of rotatable bonds is 2. The molecule has 0 N–H and O–H groups in total. The van der Waals surface area contributed by atoms with Gasteiger partial charge < -0.3 is 9.47 Å². The standard InChI is InChI=1S/C24H26N2O2/c1-5-24-18-13-9-10-14-19(18)27-15-20(24)23(3,4)28-22-21(24)16(2)25-26(22)17-11-7-6-8-12-17/h6-14,20H,5,15H2,1-4H3/t20-,24-/m1/s1. The molecule has 0 amide bonds. The van der Waals surface area contributed by atoms with Gasteiger partial charge in [0.15, 0.2) is 0 Å². The maximum absolute atomic E-state index is 6.66. The molecule has 1 aromatic heterocycles. The van der Waals surface area contributed by atoms with Crippen molar-refractivity contribution in [1.82, 2.24) is 9.78 Å². The number of fused-ring (bicyclic) bond motifs is 5. The Balaban J connectivity index is 1.85. The number of hydrogen-bond acceptors (Lipinski definition) is 3. The lowest BCUT2D eigenvalue weighted by molar-refractivity contribution is -0.0499. The van der Waals surface area contributed by atoms with Gasteiger partial charge >= 0.3 is 0 Å². The molecular weight excluding hydrogens is 348 g/mol. The first kappa shape index (κ1) is 17.4. The van der Waals surface area contributed by atoms with E-state index in [1.165, 1.54) is 11.1 Å². The third-order valence-corrected chi connectivity index (χ3v) is 6.59. The van der Waals surface area contributed by atoms with E-state index in [-0.39, 0.29) is 16.9 Å². The van der Waals surface area contributed by atoms with E-state index >= 15 is 0 Å². The number of ether oxygens (including phenoxy) is 2. The fraction of sp³-hybridized carbons (Fsp3) is 0.375. The maximum atomic E-state index is 6.66. The van der Waals surface area contributed by atoms with Gasteiger partial charge in [0.05, 0.1) is 18.0 Å². The first-order valence-electron chi connectivity index (χ1n) is 10.1. The molecule has 0 saturated carbocycles. The highest BCUT2D eigenvalue weighted by Gasteiger charge is 2.59. The molecule has 2 atom stereocenters. The predicted molar refractivity (Wildman–Crippen MR) is 110 cm³/mol. The Morgan fingerprint density at radius 1 is 1.07 bits per heavy atom. The Morgan fingerprint density at radius 3 is 2.54 bits per heavy atom. The lowest BCUT2D eigenvalue weighted by Gasteiger charge is -2.54. The minimum atomic E-state index is -0.379. The zero-order valence-electron chi connectivity index (χ0n) is 16.9. The average Bonchev–Trinajstić information content (AvgIpc) is 3.03. The molecular formula is C24H26N2O2. The van der Waals surface area contributed by atoms with Crippen molar-refractivity contribution < 1.29 is 9.47 Å². The van der Waals surface area contributed by atoms with Crippen LogP contribution in [0.4, 0.5) is 0 Å². The molecule has 0 unspecified atom stereocenters. The fourth-order valence-corrected chi connectivity index (χ4v) is 5.36. The summed E-state index contributed by atoms with van der Waals surface area (Å²) in [5.74, 6) is 2.05. The lowest BCUT2D eigenvalue weighted by Crippen LogP contribution is -2.58. The second-order valence-corrected chi connectivity index (χ2v) is 8.40. The van der Waals surface area contributed by atoms with Crippen molar-refractivity contribution in [3.05, 3.63) is 71.4 Å². The number of para-hydroxylation sites is 2. The van der Waals surface area contributed by atoms with E-state index < -0.39 is 0 Å². The van der Waals surface area contributed by atoms with Gasteiger partial charge in [-0.15, -0.1) is 0 Å². The molecule has 4 heteroatoms. The monoisotopic (exact) mass is 374 g/mol. The first-order chi connectivity index (χ1) is 13.5. The molecule has 144 valence electrons. The third-order valence-electron chi connectivity index (χ3n) is 6.59. The summed E-state index contributed by atoms with van der Waals surface area (Å²) in [7, 11) is 0. The average molecular weight is 374 g/mol. The van der Waals surface area contributed by atoms with Crippen molar-refractivity contribution >= 4 is 0 Å². The molecule has 3 heterocycles. The Morgan fingerprint density at radius 2 is 1.79 bits per heavy atom. The van der Waals surface area contributed by atoms with Crippen LogP contribution in [-0.4, -0.2) is 22.0 Å². The summed E-state index contributed by atoms with van der Waals surface area (Å²) < 4.78 is 14.8. The molecule has 4 nitrogen and oxygen atoms in total. The van der Waals surface area contributed by atoms with E-state index in [1.807, 2.05) is 28.9 Å². The minimum Gasteiger partial charge on any atom is -0.493 e. The molecule has 3 aromatic rings. The van der Waals surface area contributed by atoms with Crippen molar-refractivity contribution in [3.63, 3.8) is 0 Å². The van der Waals surface area contributed by atoms with Crippen LogP contribution in [0.25, 0.3) is 5.69 Å². The van der Waals surface area contributed by atoms with E-state index in [9.17, 15) is 0 Å². The lowest BCUT2D eigenvalue weighted by atomic mass is 9.57. The summed E-state index contributed by atoms with van der Waals surface area (Å²) in [4.78, 5) is 0. The van der Waals surface area contributed by atoms with Crippen LogP contribution >= 0.6 is 0 Å². The van der Waals surface area contributed by atoms with E-state index in [1.54, 1.807) is 0 Å². The molecule has 2 aromatic carbocycles. The van der Waals surface area contributed by atoms with Gasteiger partial charge in [0, 0.05) is 22.5 Å². The fourth-order valence-electron chi connectivity index (χ4n) is 5.36. The molecule has 0 bridgehead atoms. The highest BCUT2D eigenvalue weighted by atomic mass is 16.5. The normalized spacial score (nSPS) is 24.4. The molecule has 0 saturated heterocycles. The van der Waals surface area contributed by atoms with Gasteiger partial charge in [-0.2, -0.15) is 5.10 Å². The Labute approximate surface area is 166 Å². The van der Waals surface area contributed by atoms with Crippen molar-refractivity contribution in [1.29, 1.82) is 0 Å². The summed E-state index contributed by atoms with van der Waals surface area (Å²) in [6.45, 7) is 9.39. The molecule has 2 aliphatic rings. The van der Waals surface area contributed by atoms with Gasteiger partial charge in [0.1, 0.15) is 11.4 Å². The van der Waals surface area contributed by atoms with Crippen LogP contribution in [0.5, 0.6) is 11.6 Å². The molecule has 0 radical (unpaired) electrons. The van der Waals surface area contributed by atoms with E-state index in [2.05, 4.69) is 58.0 Å². The van der Waals surface area contributed by atoms with Crippen molar-refractivity contribution in [2.75, 3.05) is 6.61 Å². The van der Waals surface area contributed by atoms with Gasteiger partial charge in [-0.1, -0.05) is 43.3 Å². The molecule has 0 spiro atoms. The molecule has 2 aliphatic heterocycles. The SMILES string of the molecule is CC[C@@]12c3ccccc3OC[C@@H]1C(C)(C)Oc1c2c(C)nn1-c1ccccc1. The number of hydrogen-bond donors (Lipinski definition) is 0. The molecule has 5 rings (SSSR count). The van der Waals surface area contributed by atoms with Gasteiger partial charge in [-0.25, -0.2) is 4.68 Å². The van der Waals surface area contributed by atoms with Crippen molar-refractivity contribution in [2.24, 2.45) is 5.92 Å². The van der Waals surface area contributed by atoms with Crippen LogP contribution in [0, 0.1) is 12.8 Å². The van der Waals surface area contributed by atoms with Gasteiger partial charge in [-0.3, -0.25) is 0 Å². The van der Waals surface area contributed by atoms with Gasteiger partial charge in [0.25, 0.3) is 0 Å². The smallest absolute Gasteiger partial charge is 0.221 e. The second-order valence-electron chi connectivity index (χ2n) is 8.40. The van der Waals surface area contributed by atoms with E-state index in [4.69, 9.17) is 14.6 Å². The van der Waals surface area contributed by atoms with Crippen LogP contribution in [0.15, 0.2) is 54.6 Å². The number of aromatic nitrogens is 2. The largest absolute Gasteiger partial charge is 0.493 e. The summed E-state index contributed by atoms with van der Waals surface area (Å²) >= 11 is 0. The van der Waals surface area contributed by atoms with Crippen molar-refractivity contribution in [3.8, 4) is 17.3 Å². The van der Waals surface area contributed by atoms with E-state index in [0.29, 0.717) is 6.61 Å². The Hall–Kier alpha value is -2.75. The van der Waals surface area contributed by atoms with Crippen LogP contribution in [0.2, 0.25) is 0 Å². The maximum Gasteiger partial charge on any atom is 0.221 e. The Kier molecular flexibility index (Phi) is 3.64. The minimum absolute atomic E-state index is 0.178. The van der Waals surface area contributed by atoms with Crippen LogP contribution in [0.1, 0.15) is 44.0 Å². The number of benzene rings is 2. The Bertz CT molecular complexity index is 1040. The third kappa shape index (κ3) is 2.15. The van der Waals surface area contributed by atoms with Gasteiger partial charge in [-0.05, 0) is 45.4 Å². The summed E-state index contributed by atoms with van der Waals surface area (Å²) in [5, 5.41) is 4.94. The van der Waals surface area contributed by atoms with Crippen LogP contribution < -0.4 is 9.47 Å². The quantitative estimate of drug-likeness (QED) is 0.629. The number of aryl methyl sites for hydroxylation is 1. The summed E-state index contributed by atoms with van der Waals surface area (Å²) in [6.07, 6.45) is 0.971. The topological polar surface area (TPSA) is 36.3 Å². The second kappa shape index (κ2) is 5.87. The zero-order valence-corrected chi connectivity index (χ0v) is 16.9. The first-order valence-corrected chi connectivity index (χ1v) is 10.1. The molecule has 28 heavy (non-hydrogen) atoms. The van der Waals surface area contributed by atoms with E-state index in [0.717, 1.165) is 29.4 Å². The highest BCUT2D eigenvalue weighted by Crippen LogP contribution is 2.59.